The topological polar surface area (TPSA) is 87.5 Å². The second-order valence-corrected chi connectivity index (χ2v) is 9.41. The van der Waals surface area contributed by atoms with Gasteiger partial charge in [0.1, 0.15) is 5.54 Å². The Kier molecular flexibility index (Phi) is 5.74. The number of hydrogen-bond donors (Lipinski definition) is 3. The van der Waals surface area contributed by atoms with Crippen molar-refractivity contribution in [3.63, 3.8) is 0 Å². The summed E-state index contributed by atoms with van der Waals surface area (Å²) in [5.74, 6) is 0.391. The van der Waals surface area contributed by atoms with E-state index >= 15 is 0 Å². The van der Waals surface area contributed by atoms with E-state index in [0.717, 1.165) is 74.0 Å². The molecule has 3 saturated heterocycles. The Balaban J connectivity index is 1.36. The van der Waals surface area contributed by atoms with Crippen LogP contribution in [0.3, 0.4) is 0 Å². The molecule has 2 aromatic rings. The van der Waals surface area contributed by atoms with E-state index in [-0.39, 0.29) is 17.7 Å². The normalized spacial score (nSPS) is 27.4. The van der Waals surface area contributed by atoms with E-state index in [1.165, 1.54) is 0 Å². The van der Waals surface area contributed by atoms with E-state index in [1.807, 2.05) is 53.4 Å². The van der Waals surface area contributed by atoms with Crippen LogP contribution in [0.1, 0.15) is 56.1 Å². The quantitative estimate of drug-likeness (QED) is 0.673. The van der Waals surface area contributed by atoms with Crippen LogP contribution in [0.5, 0.6) is 0 Å². The number of hydrogen-bond acceptors (Lipinski definition) is 4. The van der Waals surface area contributed by atoms with E-state index < -0.39 is 5.54 Å². The summed E-state index contributed by atoms with van der Waals surface area (Å²) in [4.78, 5) is 28.3. The molecule has 1 saturated carbocycles. The number of anilines is 2. The van der Waals surface area contributed by atoms with Gasteiger partial charge in [0.25, 0.3) is 0 Å². The zero-order chi connectivity index (χ0) is 22.1. The summed E-state index contributed by atoms with van der Waals surface area (Å²) in [7, 11) is 0. The molecule has 32 heavy (non-hydrogen) atoms. The number of fused-ring (bicyclic) bond motifs is 3. The molecule has 0 radical (unpaired) electrons. The predicted molar refractivity (Wildman–Crippen MR) is 126 cm³/mol. The highest BCUT2D eigenvalue weighted by Gasteiger charge is 2.42. The zero-order valence-corrected chi connectivity index (χ0v) is 18.5. The van der Waals surface area contributed by atoms with E-state index in [0.29, 0.717) is 12.6 Å². The Hall–Kier alpha value is -2.70. The first kappa shape index (κ1) is 21.2. The molecule has 1 aliphatic carbocycles. The van der Waals surface area contributed by atoms with Crippen LogP contribution in [0, 0.1) is 5.92 Å². The van der Waals surface area contributed by atoms with Crippen LogP contribution in [0.25, 0.3) is 0 Å². The molecule has 4 N–H and O–H groups in total. The van der Waals surface area contributed by atoms with Crippen molar-refractivity contribution < 1.29 is 9.59 Å². The Morgan fingerprint density at radius 3 is 2.53 bits per heavy atom. The molecule has 6 nitrogen and oxygen atoms in total. The summed E-state index contributed by atoms with van der Waals surface area (Å²) < 4.78 is 0. The molecule has 3 aliphatic heterocycles. The molecule has 3 heterocycles. The lowest BCUT2D eigenvalue weighted by molar-refractivity contribution is -0.127. The lowest BCUT2D eigenvalue weighted by Gasteiger charge is -2.44. The van der Waals surface area contributed by atoms with Gasteiger partial charge in [0, 0.05) is 29.9 Å². The third-order valence-electron chi connectivity index (χ3n) is 7.50. The van der Waals surface area contributed by atoms with Gasteiger partial charge in [-0.15, -0.1) is 0 Å². The monoisotopic (exact) mass is 432 g/mol. The highest BCUT2D eigenvalue weighted by Crippen LogP contribution is 2.39. The molecular weight excluding hydrogens is 400 g/mol. The van der Waals surface area contributed by atoms with E-state index in [1.54, 1.807) is 0 Å². The van der Waals surface area contributed by atoms with Gasteiger partial charge in [0.05, 0.1) is 0 Å². The number of nitrogens with one attached hydrogen (secondary N) is 2. The standard InChI is InChI=1S/C26H32N4O2/c27-17-18-4-3-5-20(16-18)26(14-1-2-15-28-26)25(32)29-21-8-12-23(13-9-21)30-22-10-6-19(7-11-22)24(30)31/h3-5,8-9,12-13,16,19,22,28H,1-2,6-7,10-11,14-15,17,27H2,(H,29,32). The number of nitrogens with zero attached hydrogens (tertiary/aromatic N) is 1. The van der Waals surface area contributed by atoms with Crippen molar-refractivity contribution in [2.45, 2.75) is 63.1 Å². The highest BCUT2D eigenvalue weighted by molar-refractivity contribution is 6.00. The number of rotatable bonds is 5. The van der Waals surface area contributed by atoms with Crippen LogP contribution in [0.2, 0.25) is 0 Å². The molecular formula is C26H32N4O2. The molecule has 1 atom stereocenters. The van der Waals surface area contributed by atoms with Gasteiger partial charge in [-0.3, -0.25) is 14.9 Å². The molecule has 4 fully saturated rings. The highest BCUT2D eigenvalue weighted by atomic mass is 16.2. The molecule has 4 aliphatic rings. The van der Waals surface area contributed by atoms with Crippen molar-refractivity contribution in [3.05, 3.63) is 59.7 Å². The molecule has 168 valence electrons. The Morgan fingerprint density at radius 2 is 1.88 bits per heavy atom. The number of benzene rings is 2. The zero-order valence-electron chi connectivity index (χ0n) is 18.5. The maximum absolute atomic E-state index is 13.6. The third kappa shape index (κ3) is 3.71. The maximum Gasteiger partial charge on any atom is 0.249 e. The Bertz CT molecular complexity index is 989. The molecule has 0 spiro atoms. The van der Waals surface area contributed by atoms with E-state index in [2.05, 4.69) is 10.6 Å². The number of nitrogens with two attached hydrogens (primary N) is 1. The fourth-order valence-electron chi connectivity index (χ4n) is 5.68. The summed E-state index contributed by atoms with van der Waals surface area (Å²) in [5.41, 5.74) is 8.75. The summed E-state index contributed by atoms with van der Waals surface area (Å²) in [6.45, 7) is 1.25. The summed E-state index contributed by atoms with van der Waals surface area (Å²) in [6.07, 6.45) is 7.02. The molecule has 2 aromatic carbocycles. The lowest BCUT2D eigenvalue weighted by atomic mass is 9.79. The van der Waals surface area contributed by atoms with Crippen molar-refractivity contribution in [3.8, 4) is 0 Å². The molecule has 6 rings (SSSR count). The van der Waals surface area contributed by atoms with Gasteiger partial charge >= 0.3 is 0 Å². The van der Waals surface area contributed by atoms with Gasteiger partial charge in [-0.2, -0.15) is 0 Å². The molecule has 1 unspecified atom stereocenters. The first-order chi connectivity index (χ1) is 15.6. The largest absolute Gasteiger partial charge is 0.326 e. The SMILES string of the molecule is NCc1cccc(C2(C(=O)Nc3ccc(N4C(=O)C5CCC4CC5)cc3)CCCCN2)c1. The summed E-state index contributed by atoms with van der Waals surface area (Å²) >= 11 is 0. The summed E-state index contributed by atoms with van der Waals surface area (Å²) in [6, 6.07) is 16.1. The molecule has 2 bridgehead atoms. The number of amides is 2. The van der Waals surface area contributed by atoms with Crippen LogP contribution < -0.4 is 21.3 Å². The summed E-state index contributed by atoms with van der Waals surface area (Å²) in [5, 5.41) is 6.63. The van der Waals surface area contributed by atoms with Gasteiger partial charge in [0.15, 0.2) is 0 Å². The van der Waals surface area contributed by atoms with Crippen LogP contribution >= 0.6 is 0 Å². The minimum absolute atomic E-state index is 0.0489. The average molecular weight is 433 g/mol. The van der Waals surface area contributed by atoms with Crippen LogP contribution in [-0.2, 0) is 21.7 Å². The van der Waals surface area contributed by atoms with Gasteiger partial charge in [-0.25, -0.2) is 0 Å². The van der Waals surface area contributed by atoms with Crippen LogP contribution in [0.4, 0.5) is 11.4 Å². The molecule has 0 aromatic heterocycles. The molecule has 2 amide bonds. The Labute approximate surface area is 189 Å². The van der Waals surface area contributed by atoms with Gasteiger partial charge in [-0.05, 0) is 86.9 Å². The fourth-order valence-corrected chi connectivity index (χ4v) is 5.68. The van der Waals surface area contributed by atoms with Crippen molar-refractivity contribution in [2.24, 2.45) is 11.7 Å². The van der Waals surface area contributed by atoms with E-state index in [9.17, 15) is 9.59 Å². The number of carbonyl (C=O) groups is 2. The average Bonchev–Trinajstić information content (AvgIpc) is 2.86. The first-order valence-electron chi connectivity index (χ1n) is 11.9. The van der Waals surface area contributed by atoms with Gasteiger partial charge < -0.3 is 16.0 Å². The lowest BCUT2D eigenvalue weighted by Crippen LogP contribution is -2.54. The molecule has 6 heteroatoms. The van der Waals surface area contributed by atoms with Crippen molar-refractivity contribution in [1.82, 2.24) is 5.32 Å². The van der Waals surface area contributed by atoms with Gasteiger partial charge in [0.2, 0.25) is 11.8 Å². The minimum atomic E-state index is -0.760. The van der Waals surface area contributed by atoms with Crippen molar-refractivity contribution in [2.75, 3.05) is 16.8 Å². The second kappa shape index (κ2) is 8.68. The van der Waals surface area contributed by atoms with E-state index in [4.69, 9.17) is 5.73 Å². The van der Waals surface area contributed by atoms with Gasteiger partial charge in [-0.1, -0.05) is 24.3 Å². The maximum atomic E-state index is 13.6. The predicted octanol–water partition coefficient (Wildman–Crippen LogP) is 3.66. The van der Waals surface area contributed by atoms with Crippen LogP contribution in [0.15, 0.2) is 48.5 Å². The fraction of sp³-hybridized carbons (Fsp3) is 0.462. The van der Waals surface area contributed by atoms with Crippen molar-refractivity contribution >= 4 is 23.2 Å². The number of carbonyl (C=O) groups excluding carboxylic acids is 2. The number of piperidine rings is 3. The third-order valence-corrected chi connectivity index (χ3v) is 7.50. The second-order valence-electron chi connectivity index (χ2n) is 9.41. The Morgan fingerprint density at radius 1 is 1.09 bits per heavy atom. The first-order valence-corrected chi connectivity index (χ1v) is 11.9. The minimum Gasteiger partial charge on any atom is -0.326 e. The smallest absolute Gasteiger partial charge is 0.249 e. The van der Waals surface area contributed by atoms with Crippen LogP contribution in [-0.4, -0.2) is 24.4 Å². The van der Waals surface area contributed by atoms with Crippen molar-refractivity contribution in [1.29, 1.82) is 0 Å².